The molecule has 3 aromatic rings. The van der Waals surface area contributed by atoms with Crippen molar-refractivity contribution in [3.8, 4) is 5.69 Å². The van der Waals surface area contributed by atoms with E-state index in [2.05, 4.69) is 10.4 Å². The fraction of sp³-hybridized carbons (Fsp3) is 0.269. The van der Waals surface area contributed by atoms with Gasteiger partial charge in [-0.05, 0) is 62.4 Å². The quantitative estimate of drug-likeness (QED) is 0.322. The van der Waals surface area contributed by atoms with Crippen molar-refractivity contribution >= 4 is 45.3 Å². The Balaban J connectivity index is 1.37. The summed E-state index contributed by atoms with van der Waals surface area (Å²) in [5.41, 5.74) is 2.77. The molecule has 2 aromatic carbocycles. The Bertz CT molecular complexity index is 1520. The van der Waals surface area contributed by atoms with Crippen LogP contribution in [0.4, 0.5) is 10.1 Å². The first-order valence-electron chi connectivity index (χ1n) is 11.9. The fourth-order valence-electron chi connectivity index (χ4n) is 3.95. The zero-order valence-corrected chi connectivity index (χ0v) is 22.8. The van der Waals surface area contributed by atoms with Crippen molar-refractivity contribution in [3.05, 3.63) is 76.3 Å². The van der Waals surface area contributed by atoms with Crippen LogP contribution >= 0.6 is 11.6 Å². The molecule has 0 bridgehead atoms. The van der Waals surface area contributed by atoms with Gasteiger partial charge in [0.25, 0.3) is 5.91 Å². The minimum absolute atomic E-state index is 0.0315. The molecule has 4 rings (SSSR count). The number of halogens is 2. The highest BCUT2D eigenvalue weighted by Crippen LogP contribution is 2.27. The Morgan fingerprint density at radius 2 is 1.85 bits per heavy atom. The van der Waals surface area contributed by atoms with E-state index in [1.165, 1.54) is 46.8 Å². The molecule has 2 heterocycles. The predicted molar refractivity (Wildman–Crippen MR) is 143 cm³/mol. The molecule has 1 aliphatic rings. The molecule has 0 unspecified atom stereocenters. The zero-order valence-electron chi connectivity index (χ0n) is 21.2. The number of anilines is 1. The van der Waals surface area contributed by atoms with E-state index >= 15 is 0 Å². The van der Waals surface area contributed by atoms with Gasteiger partial charge in [-0.1, -0.05) is 11.6 Å². The van der Waals surface area contributed by atoms with Crippen LogP contribution in [0.1, 0.15) is 17.0 Å². The summed E-state index contributed by atoms with van der Waals surface area (Å²) in [6, 6.07) is 9.83. The number of rotatable bonds is 8. The van der Waals surface area contributed by atoms with Crippen LogP contribution in [0.3, 0.4) is 0 Å². The van der Waals surface area contributed by atoms with Crippen molar-refractivity contribution in [2.45, 2.75) is 18.7 Å². The molecular formula is C26H26ClFN4O6S. The maximum Gasteiger partial charge on any atom is 0.331 e. The largest absolute Gasteiger partial charge is 0.452 e. The number of nitrogens with one attached hydrogen (secondary N) is 1. The van der Waals surface area contributed by atoms with E-state index in [1.807, 2.05) is 0 Å². The summed E-state index contributed by atoms with van der Waals surface area (Å²) in [6.45, 7) is 4.00. The van der Waals surface area contributed by atoms with Gasteiger partial charge in [-0.3, -0.25) is 4.79 Å². The van der Waals surface area contributed by atoms with Crippen molar-refractivity contribution in [3.63, 3.8) is 0 Å². The maximum absolute atomic E-state index is 13.2. The number of aromatic nitrogens is 2. The summed E-state index contributed by atoms with van der Waals surface area (Å²) in [4.78, 5) is 24.6. The zero-order chi connectivity index (χ0) is 28.2. The van der Waals surface area contributed by atoms with Gasteiger partial charge < -0.3 is 14.8 Å². The number of sulfonamides is 1. The summed E-state index contributed by atoms with van der Waals surface area (Å²) < 4.78 is 52.2. The van der Waals surface area contributed by atoms with E-state index in [1.54, 1.807) is 30.7 Å². The first kappa shape index (κ1) is 28.4. The molecule has 39 heavy (non-hydrogen) atoms. The average Bonchev–Trinajstić information content (AvgIpc) is 3.21. The summed E-state index contributed by atoms with van der Waals surface area (Å²) in [7, 11) is -3.80. The number of carbonyl (C=O) groups is 2. The third-order valence-corrected chi connectivity index (χ3v) is 8.19. The number of nitrogens with zero attached hydrogens (tertiary/aromatic N) is 3. The van der Waals surface area contributed by atoms with E-state index in [9.17, 15) is 22.4 Å². The summed E-state index contributed by atoms with van der Waals surface area (Å²) in [5.74, 6) is -1.83. The molecular weight excluding hydrogens is 551 g/mol. The van der Waals surface area contributed by atoms with Gasteiger partial charge in [0.05, 0.1) is 40.2 Å². The van der Waals surface area contributed by atoms with Gasteiger partial charge in [0.2, 0.25) is 10.0 Å². The molecule has 1 fully saturated rings. The second-order valence-corrected chi connectivity index (χ2v) is 11.0. The van der Waals surface area contributed by atoms with Gasteiger partial charge in [-0.2, -0.15) is 9.40 Å². The SMILES string of the molecule is Cc1nn(-c2ccc(F)cc2)c(C)c1C=CC(=O)OCC(=O)Nc1cc(S(=O)(=O)N2CCOCC2)ccc1Cl. The van der Waals surface area contributed by atoms with Crippen molar-refractivity contribution in [1.82, 2.24) is 14.1 Å². The predicted octanol–water partition coefficient (Wildman–Crippen LogP) is 3.50. The van der Waals surface area contributed by atoms with Crippen LogP contribution in [0, 0.1) is 19.7 Å². The lowest BCUT2D eigenvalue weighted by molar-refractivity contribution is -0.142. The number of esters is 1. The third-order valence-electron chi connectivity index (χ3n) is 5.97. The maximum atomic E-state index is 13.2. The summed E-state index contributed by atoms with van der Waals surface area (Å²) in [6.07, 6.45) is 2.69. The Kier molecular flexibility index (Phi) is 8.80. The van der Waals surface area contributed by atoms with Gasteiger partial charge >= 0.3 is 5.97 Å². The van der Waals surface area contributed by atoms with Crippen LogP contribution in [0.5, 0.6) is 0 Å². The number of hydrogen-bond donors (Lipinski definition) is 1. The molecule has 0 spiro atoms. The Morgan fingerprint density at radius 1 is 1.15 bits per heavy atom. The van der Waals surface area contributed by atoms with Crippen molar-refractivity contribution < 1.29 is 31.9 Å². The second kappa shape index (κ2) is 12.1. The normalized spacial score (nSPS) is 14.5. The molecule has 1 saturated heterocycles. The van der Waals surface area contributed by atoms with Gasteiger partial charge in [0.1, 0.15) is 5.82 Å². The van der Waals surface area contributed by atoms with E-state index < -0.39 is 28.5 Å². The third kappa shape index (κ3) is 6.71. The second-order valence-electron chi connectivity index (χ2n) is 8.62. The summed E-state index contributed by atoms with van der Waals surface area (Å²) in [5, 5.41) is 7.04. The molecule has 0 saturated carbocycles. The van der Waals surface area contributed by atoms with E-state index in [0.29, 0.717) is 30.2 Å². The number of hydrogen-bond acceptors (Lipinski definition) is 7. The molecule has 206 valence electrons. The molecule has 10 nitrogen and oxygen atoms in total. The van der Waals surface area contributed by atoms with Gasteiger partial charge in [0.15, 0.2) is 6.61 Å². The van der Waals surface area contributed by atoms with Gasteiger partial charge in [-0.15, -0.1) is 0 Å². The molecule has 1 aromatic heterocycles. The van der Waals surface area contributed by atoms with Crippen LogP contribution < -0.4 is 5.32 Å². The van der Waals surface area contributed by atoms with Crippen LogP contribution in [0.25, 0.3) is 11.8 Å². The average molecular weight is 577 g/mol. The van der Waals surface area contributed by atoms with Crippen molar-refractivity contribution in [2.24, 2.45) is 0 Å². The standard InChI is InChI=1S/C26H26ClFN4O6S/c1-17-22(18(2)32(30-17)20-5-3-19(28)4-6-20)8-10-26(34)38-16-25(33)29-24-15-21(7-9-23(24)27)39(35,36)31-11-13-37-14-12-31/h3-10,15H,11-14,16H2,1-2H3,(H,29,33). The van der Waals surface area contributed by atoms with Gasteiger partial charge in [0, 0.05) is 30.4 Å². The topological polar surface area (TPSA) is 120 Å². The van der Waals surface area contributed by atoms with Crippen LogP contribution in [0.2, 0.25) is 5.02 Å². The molecule has 1 N–H and O–H groups in total. The number of morpholine rings is 1. The summed E-state index contributed by atoms with van der Waals surface area (Å²) >= 11 is 6.15. The van der Waals surface area contributed by atoms with Crippen LogP contribution in [-0.2, 0) is 29.1 Å². The number of aryl methyl sites for hydroxylation is 1. The highest BCUT2D eigenvalue weighted by Gasteiger charge is 2.27. The molecule has 0 aliphatic carbocycles. The number of amides is 1. The molecule has 13 heteroatoms. The van der Waals surface area contributed by atoms with E-state index in [0.717, 1.165) is 5.69 Å². The number of ether oxygens (including phenoxy) is 2. The molecule has 1 amide bonds. The Labute approximate surface area is 230 Å². The highest BCUT2D eigenvalue weighted by atomic mass is 35.5. The lowest BCUT2D eigenvalue weighted by atomic mass is 10.2. The number of benzene rings is 2. The van der Waals surface area contributed by atoms with Crippen molar-refractivity contribution in [1.29, 1.82) is 0 Å². The Morgan fingerprint density at radius 3 is 2.54 bits per heavy atom. The molecule has 0 radical (unpaired) electrons. The smallest absolute Gasteiger partial charge is 0.331 e. The first-order chi connectivity index (χ1) is 18.6. The van der Waals surface area contributed by atoms with E-state index in [-0.39, 0.29) is 34.5 Å². The minimum Gasteiger partial charge on any atom is -0.452 e. The Hall–Kier alpha value is -3.58. The fourth-order valence-corrected chi connectivity index (χ4v) is 5.55. The first-order valence-corrected chi connectivity index (χ1v) is 13.7. The highest BCUT2D eigenvalue weighted by molar-refractivity contribution is 7.89. The molecule has 1 aliphatic heterocycles. The monoisotopic (exact) mass is 576 g/mol. The lowest BCUT2D eigenvalue weighted by Gasteiger charge is -2.26. The number of carbonyl (C=O) groups excluding carboxylic acids is 2. The minimum atomic E-state index is -3.80. The molecule has 0 atom stereocenters. The van der Waals surface area contributed by atoms with Crippen molar-refractivity contribution in [2.75, 3.05) is 38.2 Å². The van der Waals surface area contributed by atoms with Crippen LogP contribution in [0.15, 0.2) is 53.4 Å². The van der Waals surface area contributed by atoms with E-state index in [4.69, 9.17) is 21.1 Å². The lowest BCUT2D eigenvalue weighted by Crippen LogP contribution is -2.40. The van der Waals surface area contributed by atoms with Crippen LogP contribution in [-0.4, -0.2) is 67.3 Å². The van der Waals surface area contributed by atoms with Gasteiger partial charge in [-0.25, -0.2) is 22.3 Å².